The predicted molar refractivity (Wildman–Crippen MR) is 56.6 cm³/mol. The molecule has 6 nitrogen and oxygen atoms in total. The van der Waals surface area contributed by atoms with Gasteiger partial charge >= 0.3 is 6.03 Å². The first-order valence-corrected chi connectivity index (χ1v) is 5.26. The van der Waals surface area contributed by atoms with Gasteiger partial charge in [-0.2, -0.15) is 0 Å². The van der Waals surface area contributed by atoms with Gasteiger partial charge in [-0.3, -0.25) is 9.69 Å². The van der Waals surface area contributed by atoms with E-state index in [9.17, 15) is 9.59 Å². The summed E-state index contributed by atoms with van der Waals surface area (Å²) in [5, 5.41) is 2.58. The molecule has 1 fully saturated rings. The molecule has 1 aromatic heterocycles. The summed E-state index contributed by atoms with van der Waals surface area (Å²) in [6.45, 7) is 2.90. The van der Waals surface area contributed by atoms with Gasteiger partial charge in [0.1, 0.15) is 6.04 Å². The van der Waals surface area contributed by atoms with Gasteiger partial charge in [-0.1, -0.05) is 0 Å². The number of rotatable bonds is 4. The lowest BCUT2D eigenvalue weighted by molar-refractivity contribution is -0.127. The van der Waals surface area contributed by atoms with E-state index in [2.05, 4.69) is 10.3 Å². The summed E-state index contributed by atoms with van der Waals surface area (Å²) in [6, 6.07) is -0.677. The van der Waals surface area contributed by atoms with Crippen molar-refractivity contribution in [1.82, 2.24) is 19.8 Å². The second kappa shape index (κ2) is 4.34. The Kier molecular flexibility index (Phi) is 2.89. The minimum Gasteiger partial charge on any atom is -0.337 e. The van der Waals surface area contributed by atoms with Crippen molar-refractivity contribution >= 4 is 11.9 Å². The summed E-state index contributed by atoms with van der Waals surface area (Å²) in [6.07, 6.45) is 6.01. The monoisotopic (exact) mass is 222 g/mol. The lowest BCUT2D eigenvalue weighted by Crippen LogP contribution is -2.32. The quantitative estimate of drug-likeness (QED) is 0.741. The molecular formula is C10H14N4O2. The molecular weight excluding hydrogens is 208 g/mol. The van der Waals surface area contributed by atoms with Crippen LogP contribution in [0.5, 0.6) is 0 Å². The largest absolute Gasteiger partial charge is 0.337 e. The molecule has 0 unspecified atom stereocenters. The highest BCUT2D eigenvalue weighted by atomic mass is 16.2. The van der Waals surface area contributed by atoms with Gasteiger partial charge in [0.2, 0.25) is 0 Å². The van der Waals surface area contributed by atoms with Gasteiger partial charge < -0.3 is 9.88 Å². The van der Waals surface area contributed by atoms with E-state index in [1.807, 2.05) is 10.8 Å². The van der Waals surface area contributed by atoms with Gasteiger partial charge in [-0.25, -0.2) is 9.78 Å². The third-order valence-electron chi connectivity index (χ3n) is 2.58. The molecule has 0 bridgehead atoms. The standard InChI is InChI=1S/C10H14N4O2/c1-8-9(15)14(10(16)12-8)5-2-4-13-6-3-11-7-13/h3,6-8H,2,4-5H2,1H3,(H,12,16)/t8-/m0/s1. The number of hydrogen-bond donors (Lipinski definition) is 1. The van der Waals surface area contributed by atoms with E-state index in [4.69, 9.17) is 0 Å². The Hall–Kier alpha value is -1.85. The van der Waals surface area contributed by atoms with Crippen LogP contribution in [0.4, 0.5) is 4.79 Å². The molecule has 6 heteroatoms. The molecule has 3 amide bonds. The Labute approximate surface area is 93.3 Å². The Morgan fingerprint density at radius 2 is 2.25 bits per heavy atom. The summed E-state index contributed by atoms with van der Waals surface area (Å²) >= 11 is 0. The van der Waals surface area contributed by atoms with Crippen LogP contribution in [0.2, 0.25) is 0 Å². The molecule has 1 atom stereocenters. The molecule has 86 valence electrons. The molecule has 0 saturated carbocycles. The van der Waals surface area contributed by atoms with E-state index in [1.54, 1.807) is 19.4 Å². The SMILES string of the molecule is C[C@@H]1NC(=O)N(CCCn2ccnc2)C1=O. The van der Waals surface area contributed by atoms with Gasteiger partial charge in [0.25, 0.3) is 5.91 Å². The van der Waals surface area contributed by atoms with Crippen LogP contribution in [0.1, 0.15) is 13.3 Å². The molecule has 0 aromatic carbocycles. The van der Waals surface area contributed by atoms with E-state index in [1.165, 1.54) is 4.90 Å². The van der Waals surface area contributed by atoms with Crippen LogP contribution < -0.4 is 5.32 Å². The molecule has 1 N–H and O–H groups in total. The molecule has 16 heavy (non-hydrogen) atoms. The van der Waals surface area contributed by atoms with Crippen molar-refractivity contribution in [3.63, 3.8) is 0 Å². The van der Waals surface area contributed by atoms with Crippen LogP contribution >= 0.6 is 0 Å². The lowest BCUT2D eigenvalue weighted by Gasteiger charge is -2.12. The number of amides is 3. The zero-order chi connectivity index (χ0) is 11.5. The normalized spacial score (nSPS) is 20.3. The smallest absolute Gasteiger partial charge is 0.324 e. The average molecular weight is 222 g/mol. The predicted octanol–water partition coefficient (Wildman–Crippen LogP) is 0.213. The summed E-state index contributed by atoms with van der Waals surface area (Å²) < 4.78 is 1.92. The molecule has 0 aliphatic carbocycles. The fourth-order valence-electron chi connectivity index (χ4n) is 1.70. The molecule has 1 aliphatic rings. The number of nitrogens with zero attached hydrogens (tertiary/aromatic N) is 3. The maximum Gasteiger partial charge on any atom is 0.324 e. The number of imide groups is 1. The van der Waals surface area contributed by atoms with Crippen LogP contribution in [0.25, 0.3) is 0 Å². The van der Waals surface area contributed by atoms with Crippen molar-refractivity contribution in [2.24, 2.45) is 0 Å². The van der Waals surface area contributed by atoms with Crippen LogP contribution in [-0.4, -0.2) is 39.0 Å². The van der Waals surface area contributed by atoms with Crippen LogP contribution in [-0.2, 0) is 11.3 Å². The van der Waals surface area contributed by atoms with Gasteiger partial charge in [0.15, 0.2) is 0 Å². The molecule has 1 aromatic rings. The van der Waals surface area contributed by atoms with E-state index < -0.39 is 0 Å². The van der Waals surface area contributed by atoms with E-state index in [-0.39, 0.29) is 18.0 Å². The Morgan fingerprint density at radius 3 is 2.81 bits per heavy atom. The lowest BCUT2D eigenvalue weighted by atomic mass is 10.3. The van der Waals surface area contributed by atoms with Crippen molar-refractivity contribution < 1.29 is 9.59 Å². The first-order chi connectivity index (χ1) is 7.68. The zero-order valence-electron chi connectivity index (χ0n) is 9.09. The number of hydrogen-bond acceptors (Lipinski definition) is 3. The Bertz CT molecular complexity index is 388. The van der Waals surface area contributed by atoms with Gasteiger partial charge in [0.05, 0.1) is 6.33 Å². The van der Waals surface area contributed by atoms with Gasteiger partial charge in [0, 0.05) is 25.5 Å². The number of urea groups is 1. The second-order valence-corrected chi connectivity index (χ2v) is 3.82. The van der Waals surface area contributed by atoms with E-state index >= 15 is 0 Å². The first-order valence-electron chi connectivity index (χ1n) is 5.26. The fraction of sp³-hybridized carbons (Fsp3) is 0.500. The molecule has 2 rings (SSSR count). The third-order valence-corrected chi connectivity index (χ3v) is 2.58. The maximum absolute atomic E-state index is 11.5. The molecule has 0 spiro atoms. The number of carbonyl (C=O) groups is 2. The minimum atomic E-state index is -0.388. The second-order valence-electron chi connectivity index (χ2n) is 3.82. The highest BCUT2D eigenvalue weighted by Gasteiger charge is 2.34. The summed E-state index contributed by atoms with van der Waals surface area (Å²) in [7, 11) is 0. The topological polar surface area (TPSA) is 67.2 Å². The summed E-state index contributed by atoms with van der Waals surface area (Å²) in [5.41, 5.74) is 0. The summed E-state index contributed by atoms with van der Waals surface area (Å²) in [5.74, 6) is -0.143. The van der Waals surface area contributed by atoms with Crippen molar-refractivity contribution in [1.29, 1.82) is 0 Å². The van der Waals surface area contributed by atoms with E-state index in [0.717, 1.165) is 13.0 Å². The number of nitrogens with one attached hydrogen (secondary N) is 1. The molecule has 2 heterocycles. The van der Waals surface area contributed by atoms with Crippen molar-refractivity contribution in [3.05, 3.63) is 18.7 Å². The minimum absolute atomic E-state index is 0.143. The number of aromatic nitrogens is 2. The van der Waals surface area contributed by atoms with Crippen LogP contribution in [0, 0.1) is 0 Å². The van der Waals surface area contributed by atoms with Gasteiger partial charge in [-0.05, 0) is 13.3 Å². The fourth-order valence-corrected chi connectivity index (χ4v) is 1.70. The van der Waals surface area contributed by atoms with Gasteiger partial charge in [-0.15, -0.1) is 0 Å². The van der Waals surface area contributed by atoms with Crippen LogP contribution in [0.15, 0.2) is 18.7 Å². The van der Waals surface area contributed by atoms with Crippen LogP contribution in [0.3, 0.4) is 0 Å². The number of imidazole rings is 1. The Balaban J connectivity index is 1.82. The molecule has 1 aliphatic heterocycles. The summed E-state index contributed by atoms with van der Waals surface area (Å²) in [4.78, 5) is 28.1. The third kappa shape index (κ3) is 2.05. The molecule has 0 radical (unpaired) electrons. The van der Waals surface area contributed by atoms with Crippen molar-refractivity contribution in [2.75, 3.05) is 6.54 Å². The Morgan fingerprint density at radius 1 is 1.44 bits per heavy atom. The van der Waals surface area contributed by atoms with Crippen molar-refractivity contribution in [3.8, 4) is 0 Å². The molecule has 1 saturated heterocycles. The maximum atomic E-state index is 11.5. The highest BCUT2D eigenvalue weighted by molar-refractivity contribution is 6.03. The number of aryl methyl sites for hydroxylation is 1. The zero-order valence-corrected chi connectivity index (χ0v) is 9.09. The average Bonchev–Trinajstić information content (AvgIpc) is 2.82. The first kappa shape index (κ1) is 10.7. The van der Waals surface area contributed by atoms with Crippen molar-refractivity contribution in [2.45, 2.75) is 25.9 Å². The van der Waals surface area contributed by atoms with E-state index in [0.29, 0.717) is 6.54 Å². The number of carbonyl (C=O) groups excluding carboxylic acids is 2. The highest BCUT2D eigenvalue weighted by Crippen LogP contribution is 2.06.